The predicted octanol–water partition coefficient (Wildman–Crippen LogP) is 3.41. The molecule has 5 N–H and O–H groups in total. The van der Waals surface area contributed by atoms with Gasteiger partial charge in [0.15, 0.2) is 6.61 Å². The second-order valence-electron chi connectivity index (χ2n) is 7.45. The Morgan fingerprint density at radius 1 is 1.15 bits per heavy atom. The predicted molar refractivity (Wildman–Crippen MR) is 123 cm³/mol. The number of hydrogen-bond acceptors (Lipinski definition) is 6. The largest absolute Gasteiger partial charge is 0.480 e. The molecule has 0 radical (unpaired) electrons. The highest BCUT2D eigenvalue weighted by atomic mass is 31.2. The average Bonchev–Trinajstić information content (AvgIpc) is 2.76. The van der Waals surface area contributed by atoms with Crippen molar-refractivity contribution in [3.63, 3.8) is 0 Å². The van der Waals surface area contributed by atoms with Crippen molar-refractivity contribution < 1.29 is 33.4 Å². The quantitative estimate of drug-likeness (QED) is 0.217. The molecule has 0 aliphatic carbocycles. The molecular weight excluding hydrogens is 449 g/mol. The molecule has 0 spiro atoms. The van der Waals surface area contributed by atoms with E-state index < -0.39 is 38.0 Å². The lowest BCUT2D eigenvalue weighted by molar-refractivity contribution is -0.139. The minimum Gasteiger partial charge on any atom is -0.480 e. The van der Waals surface area contributed by atoms with E-state index in [-0.39, 0.29) is 13.0 Å². The zero-order chi connectivity index (χ0) is 24.4. The number of carbonyl (C=O) groups is 2. The van der Waals surface area contributed by atoms with Crippen LogP contribution in [0.15, 0.2) is 59.6 Å². The third kappa shape index (κ3) is 8.69. The first-order valence-corrected chi connectivity index (χ1v) is 11.8. The number of nitrogens with one attached hydrogen (secondary N) is 1. The lowest BCUT2D eigenvalue weighted by Gasteiger charge is -2.28. The number of amides is 1. The topological polar surface area (TPSA) is 161 Å². The fourth-order valence-electron chi connectivity index (χ4n) is 3.10. The maximum atomic E-state index is 12.9. The van der Waals surface area contributed by atoms with E-state index in [4.69, 9.17) is 20.1 Å². The number of ether oxygens (including phenoxy) is 1. The summed E-state index contributed by atoms with van der Waals surface area (Å²) >= 11 is 0. The smallest absolute Gasteiger partial charge is 0.408 e. The van der Waals surface area contributed by atoms with Gasteiger partial charge in [0.05, 0.1) is 11.5 Å². The molecule has 0 heterocycles. The summed E-state index contributed by atoms with van der Waals surface area (Å²) in [6.45, 7) is 2.22. The fourth-order valence-corrected chi connectivity index (χ4v) is 4.57. The molecule has 178 valence electrons. The van der Waals surface area contributed by atoms with Crippen LogP contribution in [0.25, 0.3) is 0 Å². The number of amidine groups is 1. The maximum Gasteiger partial charge on any atom is 0.408 e. The first kappa shape index (κ1) is 26.1. The van der Waals surface area contributed by atoms with E-state index in [1.165, 1.54) is 0 Å². The zero-order valence-corrected chi connectivity index (χ0v) is 19.3. The Morgan fingerprint density at radius 2 is 1.79 bits per heavy atom. The van der Waals surface area contributed by atoms with E-state index >= 15 is 0 Å². The van der Waals surface area contributed by atoms with Gasteiger partial charge in [0.1, 0.15) is 12.4 Å². The van der Waals surface area contributed by atoms with Crippen molar-refractivity contribution in [2.45, 2.75) is 32.7 Å². The Kier molecular flexibility index (Phi) is 9.59. The summed E-state index contributed by atoms with van der Waals surface area (Å²) in [5.74, 6) is -3.17. The number of rotatable bonds is 11. The van der Waals surface area contributed by atoms with Crippen LogP contribution >= 0.6 is 7.60 Å². The number of para-hydroxylation sites is 1. The molecule has 2 aromatic rings. The van der Waals surface area contributed by atoms with E-state index in [0.717, 1.165) is 11.1 Å². The molecule has 3 unspecified atom stereocenters. The standard InChI is InChI=1S/C22H28N3O7P/c1-15(12-18-10-6-7-11-19(18)24-16(2)23)21(33(29,30)32-14-20(26)27)25-22(28)31-13-17-8-4-3-5-9-17/h3-11,15,21H,12-14H2,1-2H3,(H2,23,24)(H,25,28)(H,26,27)(H,29,30). The van der Waals surface area contributed by atoms with E-state index in [1.54, 1.807) is 62.4 Å². The number of hydrogen-bond donors (Lipinski definition) is 4. The average molecular weight is 477 g/mol. The molecule has 3 atom stereocenters. The van der Waals surface area contributed by atoms with Crippen molar-refractivity contribution >= 4 is 31.2 Å². The number of carbonyl (C=O) groups excluding carboxylic acids is 1. The molecule has 33 heavy (non-hydrogen) atoms. The minimum absolute atomic E-state index is 0.0488. The molecule has 0 aliphatic rings. The molecule has 0 saturated carbocycles. The van der Waals surface area contributed by atoms with Crippen molar-refractivity contribution in [1.29, 1.82) is 0 Å². The molecule has 0 aromatic heterocycles. The van der Waals surface area contributed by atoms with Crippen molar-refractivity contribution in [1.82, 2.24) is 5.32 Å². The molecular formula is C22H28N3O7P. The van der Waals surface area contributed by atoms with Crippen molar-refractivity contribution in [2.24, 2.45) is 16.6 Å². The Labute approximate surface area is 192 Å². The molecule has 0 saturated heterocycles. The molecule has 1 amide bonds. The summed E-state index contributed by atoms with van der Waals surface area (Å²) in [4.78, 5) is 38.0. The van der Waals surface area contributed by atoms with E-state index in [2.05, 4.69) is 10.3 Å². The van der Waals surface area contributed by atoms with Crippen LogP contribution in [0.3, 0.4) is 0 Å². The summed E-state index contributed by atoms with van der Waals surface area (Å²) in [7, 11) is -4.60. The summed E-state index contributed by atoms with van der Waals surface area (Å²) in [6, 6.07) is 16.0. The summed E-state index contributed by atoms with van der Waals surface area (Å²) in [5, 5.41) is 11.2. The molecule has 10 nitrogen and oxygen atoms in total. The van der Waals surface area contributed by atoms with Gasteiger partial charge in [-0.2, -0.15) is 0 Å². The van der Waals surface area contributed by atoms with E-state index in [9.17, 15) is 19.0 Å². The van der Waals surface area contributed by atoms with Gasteiger partial charge in [-0.25, -0.2) is 14.6 Å². The summed E-state index contributed by atoms with van der Waals surface area (Å²) in [6.07, 6.45) is -0.717. The Balaban J connectivity index is 2.21. The number of nitrogens with zero attached hydrogens (tertiary/aromatic N) is 1. The van der Waals surface area contributed by atoms with E-state index in [0.29, 0.717) is 11.5 Å². The number of carboxylic acid groups (broad SMARTS) is 1. The highest BCUT2D eigenvalue weighted by Gasteiger charge is 2.39. The van der Waals surface area contributed by atoms with Gasteiger partial charge in [0, 0.05) is 0 Å². The van der Waals surface area contributed by atoms with Gasteiger partial charge in [-0.3, -0.25) is 9.09 Å². The number of nitrogens with two attached hydrogens (primary N) is 1. The molecule has 2 rings (SSSR count). The van der Waals surface area contributed by atoms with Crippen molar-refractivity contribution in [3.8, 4) is 0 Å². The number of benzene rings is 2. The summed E-state index contributed by atoms with van der Waals surface area (Å²) < 4.78 is 22.8. The highest BCUT2D eigenvalue weighted by molar-refractivity contribution is 7.53. The van der Waals surface area contributed by atoms with Crippen LogP contribution in [0, 0.1) is 5.92 Å². The van der Waals surface area contributed by atoms with Crippen LogP contribution in [-0.4, -0.2) is 40.3 Å². The van der Waals surface area contributed by atoms with Gasteiger partial charge in [-0.05, 0) is 36.5 Å². The Hall–Kier alpha value is -3.20. The maximum absolute atomic E-state index is 12.9. The van der Waals surface area contributed by atoms with E-state index in [1.807, 2.05) is 6.07 Å². The summed E-state index contributed by atoms with van der Waals surface area (Å²) in [5.41, 5.74) is 7.71. The van der Waals surface area contributed by atoms with Crippen LogP contribution < -0.4 is 11.1 Å². The number of aliphatic imine (C=N–C) groups is 1. The number of alkyl carbamates (subject to hydrolysis) is 1. The Bertz CT molecular complexity index is 1030. The molecule has 11 heteroatoms. The highest BCUT2D eigenvalue weighted by Crippen LogP contribution is 2.50. The van der Waals surface area contributed by atoms with Gasteiger partial charge >= 0.3 is 19.7 Å². The number of carboxylic acids is 1. The number of aliphatic carboxylic acids is 1. The van der Waals surface area contributed by atoms with Crippen LogP contribution in [0.1, 0.15) is 25.0 Å². The molecule has 0 fully saturated rings. The second kappa shape index (κ2) is 12.2. The third-order valence-corrected chi connectivity index (χ3v) is 6.41. The SMILES string of the molecule is CC(N)=Nc1ccccc1CC(C)C(NC(=O)OCc1ccccc1)P(=O)(O)OCC(=O)O. The fraction of sp³-hybridized carbons (Fsp3) is 0.318. The van der Waals surface area contributed by atoms with Crippen molar-refractivity contribution in [2.75, 3.05) is 6.61 Å². The monoisotopic (exact) mass is 477 g/mol. The van der Waals surface area contributed by atoms with Gasteiger partial charge in [-0.1, -0.05) is 55.5 Å². The molecule has 0 aliphatic heterocycles. The van der Waals surface area contributed by atoms with Crippen LogP contribution in [-0.2, 0) is 31.6 Å². The minimum atomic E-state index is -4.60. The lowest BCUT2D eigenvalue weighted by atomic mass is 9.99. The first-order chi connectivity index (χ1) is 15.6. The molecule has 2 aromatic carbocycles. The molecule has 0 bridgehead atoms. The van der Waals surface area contributed by atoms with Crippen molar-refractivity contribution in [3.05, 3.63) is 65.7 Å². The van der Waals surface area contributed by atoms with Gasteiger partial charge in [0.25, 0.3) is 0 Å². The second-order valence-corrected chi connectivity index (χ2v) is 9.39. The van der Waals surface area contributed by atoms with Gasteiger partial charge in [-0.15, -0.1) is 0 Å². The zero-order valence-electron chi connectivity index (χ0n) is 18.4. The first-order valence-electron chi connectivity index (χ1n) is 10.1. The van der Waals surface area contributed by atoms with Gasteiger partial charge in [0.2, 0.25) is 0 Å². The van der Waals surface area contributed by atoms with Crippen LogP contribution in [0.4, 0.5) is 10.5 Å². The van der Waals surface area contributed by atoms with Crippen LogP contribution in [0.5, 0.6) is 0 Å². The normalized spacial score (nSPS) is 15.2. The third-order valence-electron chi connectivity index (χ3n) is 4.57. The van der Waals surface area contributed by atoms with Crippen LogP contribution in [0.2, 0.25) is 0 Å². The Morgan fingerprint density at radius 3 is 2.42 bits per heavy atom. The van der Waals surface area contributed by atoms with Gasteiger partial charge < -0.3 is 25.8 Å². The lowest BCUT2D eigenvalue weighted by Crippen LogP contribution is -2.41.